The summed E-state index contributed by atoms with van der Waals surface area (Å²) in [5, 5.41) is 9.76. The van der Waals surface area contributed by atoms with E-state index in [1.165, 1.54) is 6.07 Å². The molecule has 0 spiro atoms. The smallest absolute Gasteiger partial charge is 0.181 e. The molecule has 2 atom stereocenters. The van der Waals surface area contributed by atoms with E-state index in [2.05, 4.69) is 47.8 Å². The molecule has 5 heteroatoms. The van der Waals surface area contributed by atoms with Crippen LogP contribution in [0.25, 0.3) is 0 Å². The molecule has 2 aromatic rings. The zero-order valence-corrected chi connectivity index (χ0v) is 15.0. The van der Waals surface area contributed by atoms with Gasteiger partial charge in [0, 0.05) is 4.47 Å². The van der Waals surface area contributed by atoms with Gasteiger partial charge in [0.2, 0.25) is 0 Å². The Hall–Kier alpha value is -0.650. The summed E-state index contributed by atoms with van der Waals surface area (Å²) < 4.78 is 0.985. The SMILES string of the molecule is O=C(c1ccccc1O)[C@@H](Br)[C@H](Br)c1ccc(Br)cc1. The fourth-order valence-electron chi connectivity index (χ4n) is 1.78. The minimum absolute atomic E-state index is 0.00236. The molecule has 0 saturated heterocycles. The lowest BCUT2D eigenvalue weighted by molar-refractivity contribution is 0.0988. The molecule has 0 heterocycles. The molecular formula is C15H11Br3O2. The lowest BCUT2D eigenvalue weighted by Crippen LogP contribution is -2.19. The Kier molecular flexibility index (Phi) is 5.41. The van der Waals surface area contributed by atoms with E-state index in [1.54, 1.807) is 18.2 Å². The number of carbonyl (C=O) groups excluding carboxylic acids is 1. The zero-order chi connectivity index (χ0) is 14.7. The van der Waals surface area contributed by atoms with Gasteiger partial charge in [0.15, 0.2) is 5.78 Å². The lowest BCUT2D eigenvalue weighted by atomic mass is 10.0. The summed E-state index contributed by atoms with van der Waals surface area (Å²) in [4.78, 5) is 11.8. The summed E-state index contributed by atoms with van der Waals surface area (Å²) in [7, 11) is 0. The second-order valence-electron chi connectivity index (χ2n) is 4.24. The van der Waals surface area contributed by atoms with E-state index in [4.69, 9.17) is 0 Å². The standard InChI is InChI=1S/C15H11Br3O2/c16-10-7-5-9(6-8-10)13(17)14(18)15(20)11-3-1-2-4-12(11)19/h1-8,13-14,19H/t13-,14+/m1/s1. The topological polar surface area (TPSA) is 37.3 Å². The van der Waals surface area contributed by atoms with Crippen LogP contribution in [0.5, 0.6) is 5.75 Å². The second kappa shape index (κ2) is 6.87. The zero-order valence-electron chi connectivity index (χ0n) is 10.3. The van der Waals surface area contributed by atoms with Crippen LogP contribution in [0.1, 0.15) is 20.7 Å². The van der Waals surface area contributed by atoms with E-state index in [-0.39, 0.29) is 16.4 Å². The molecule has 2 rings (SSSR count). The van der Waals surface area contributed by atoms with Crippen molar-refractivity contribution in [3.8, 4) is 5.75 Å². The summed E-state index contributed by atoms with van der Waals surface area (Å²) in [6.45, 7) is 0. The Bertz CT molecular complexity index is 611. The largest absolute Gasteiger partial charge is 0.507 e. The first-order valence-electron chi connectivity index (χ1n) is 5.86. The number of Topliss-reactive ketones (excluding diaryl/α,β-unsaturated/α-hetero) is 1. The Balaban J connectivity index is 2.22. The monoisotopic (exact) mass is 460 g/mol. The van der Waals surface area contributed by atoms with Crippen molar-refractivity contribution in [1.29, 1.82) is 0 Å². The van der Waals surface area contributed by atoms with Gasteiger partial charge in [-0.3, -0.25) is 4.79 Å². The van der Waals surface area contributed by atoms with Crippen molar-refractivity contribution in [2.75, 3.05) is 0 Å². The number of alkyl halides is 2. The van der Waals surface area contributed by atoms with Gasteiger partial charge in [-0.25, -0.2) is 0 Å². The van der Waals surface area contributed by atoms with Gasteiger partial charge in [0.25, 0.3) is 0 Å². The first kappa shape index (κ1) is 15.7. The third-order valence-corrected chi connectivity index (χ3v) is 6.11. The summed E-state index contributed by atoms with van der Waals surface area (Å²) in [6, 6.07) is 14.3. The molecular weight excluding hydrogens is 452 g/mol. The maximum Gasteiger partial charge on any atom is 0.181 e. The molecule has 0 aliphatic carbocycles. The van der Waals surface area contributed by atoms with Gasteiger partial charge in [-0.2, -0.15) is 0 Å². The molecule has 0 amide bonds. The normalized spacial score (nSPS) is 13.8. The van der Waals surface area contributed by atoms with Crippen molar-refractivity contribution in [2.45, 2.75) is 9.65 Å². The van der Waals surface area contributed by atoms with Crippen LogP contribution in [0.3, 0.4) is 0 Å². The number of aromatic hydroxyl groups is 1. The highest BCUT2D eigenvalue weighted by molar-refractivity contribution is 9.12. The predicted octanol–water partition coefficient (Wildman–Crippen LogP) is 5.24. The second-order valence-corrected chi connectivity index (χ2v) is 7.13. The summed E-state index contributed by atoms with van der Waals surface area (Å²) in [5.41, 5.74) is 1.30. The minimum atomic E-state index is -0.461. The Morgan fingerprint density at radius 3 is 2.20 bits per heavy atom. The molecule has 0 radical (unpaired) electrons. The Labute approximate surface area is 142 Å². The first-order chi connectivity index (χ1) is 9.50. The van der Waals surface area contributed by atoms with Gasteiger partial charge >= 0.3 is 0 Å². The average molecular weight is 463 g/mol. The van der Waals surface area contributed by atoms with E-state index < -0.39 is 4.83 Å². The number of hydrogen-bond acceptors (Lipinski definition) is 2. The van der Waals surface area contributed by atoms with Crippen LogP contribution in [0.2, 0.25) is 0 Å². The first-order valence-corrected chi connectivity index (χ1v) is 8.49. The molecule has 0 fully saturated rings. The number of carbonyl (C=O) groups is 1. The summed E-state index contributed by atoms with van der Waals surface area (Å²) >= 11 is 10.3. The van der Waals surface area contributed by atoms with Gasteiger partial charge in [0.05, 0.1) is 15.2 Å². The molecule has 20 heavy (non-hydrogen) atoms. The van der Waals surface area contributed by atoms with Crippen molar-refractivity contribution in [3.63, 3.8) is 0 Å². The van der Waals surface area contributed by atoms with Gasteiger partial charge in [-0.1, -0.05) is 72.1 Å². The van der Waals surface area contributed by atoms with Crippen LogP contribution >= 0.6 is 47.8 Å². The molecule has 0 aliphatic rings. The average Bonchev–Trinajstić information content (AvgIpc) is 2.46. The Morgan fingerprint density at radius 1 is 1.00 bits per heavy atom. The highest BCUT2D eigenvalue weighted by atomic mass is 79.9. The molecule has 0 aromatic heterocycles. The minimum Gasteiger partial charge on any atom is -0.507 e. The van der Waals surface area contributed by atoms with Crippen molar-refractivity contribution in [1.82, 2.24) is 0 Å². The van der Waals surface area contributed by atoms with Gasteiger partial charge < -0.3 is 5.11 Å². The fraction of sp³-hybridized carbons (Fsp3) is 0.133. The number of phenolic OH excluding ortho intramolecular Hbond substituents is 1. The molecule has 0 bridgehead atoms. The van der Waals surface area contributed by atoms with E-state index >= 15 is 0 Å². The quantitative estimate of drug-likeness (QED) is 0.498. The molecule has 2 nitrogen and oxygen atoms in total. The number of ketones is 1. The number of rotatable bonds is 4. The molecule has 1 N–H and O–H groups in total. The molecule has 0 saturated carbocycles. The van der Waals surface area contributed by atoms with Crippen molar-refractivity contribution >= 4 is 53.6 Å². The van der Waals surface area contributed by atoms with Crippen LogP contribution in [0.15, 0.2) is 53.0 Å². The van der Waals surface area contributed by atoms with Crippen LogP contribution < -0.4 is 0 Å². The van der Waals surface area contributed by atoms with Crippen LogP contribution in [0, 0.1) is 0 Å². The lowest BCUT2D eigenvalue weighted by Gasteiger charge is -2.17. The van der Waals surface area contributed by atoms with Gasteiger partial charge in [0.1, 0.15) is 5.75 Å². The molecule has 2 aromatic carbocycles. The third-order valence-electron chi connectivity index (χ3n) is 2.87. The molecule has 0 unspecified atom stereocenters. The van der Waals surface area contributed by atoms with Crippen molar-refractivity contribution in [3.05, 3.63) is 64.1 Å². The highest BCUT2D eigenvalue weighted by Gasteiger charge is 2.27. The van der Waals surface area contributed by atoms with Crippen LogP contribution in [-0.4, -0.2) is 15.7 Å². The number of halogens is 3. The van der Waals surface area contributed by atoms with E-state index in [1.807, 2.05) is 24.3 Å². The maximum absolute atomic E-state index is 12.4. The number of phenols is 1. The maximum atomic E-state index is 12.4. The number of hydrogen-bond donors (Lipinski definition) is 1. The fourth-order valence-corrected chi connectivity index (χ4v) is 3.14. The number of para-hydroxylation sites is 1. The van der Waals surface area contributed by atoms with Crippen molar-refractivity contribution in [2.24, 2.45) is 0 Å². The van der Waals surface area contributed by atoms with E-state index in [9.17, 15) is 9.90 Å². The molecule has 104 valence electrons. The van der Waals surface area contributed by atoms with Crippen LogP contribution in [-0.2, 0) is 0 Å². The molecule has 0 aliphatic heterocycles. The van der Waals surface area contributed by atoms with Gasteiger partial charge in [-0.15, -0.1) is 0 Å². The van der Waals surface area contributed by atoms with E-state index in [0.29, 0.717) is 5.56 Å². The van der Waals surface area contributed by atoms with E-state index in [0.717, 1.165) is 10.0 Å². The summed E-state index contributed by atoms with van der Waals surface area (Å²) in [5.74, 6) is -0.162. The summed E-state index contributed by atoms with van der Waals surface area (Å²) in [6.07, 6.45) is 0. The third kappa shape index (κ3) is 3.51. The predicted molar refractivity (Wildman–Crippen MR) is 91.0 cm³/mol. The Morgan fingerprint density at radius 2 is 1.60 bits per heavy atom. The highest BCUT2D eigenvalue weighted by Crippen LogP contribution is 2.35. The van der Waals surface area contributed by atoms with Crippen molar-refractivity contribution < 1.29 is 9.90 Å². The van der Waals surface area contributed by atoms with Gasteiger partial charge in [-0.05, 0) is 29.8 Å². The number of benzene rings is 2. The van der Waals surface area contributed by atoms with Crippen LogP contribution in [0.4, 0.5) is 0 Å².